The second-order valence-electron chi connectivity index (χ2n) is 6.16. The zero-order valence-electron chi connectivity index (χ0n) is 20.2. The van der Waals surface area contributed by atoms with Crippen molar-refractivity contribution in [1.29, 1.82) is 0 Å². The number of carboxylic acid groups (broad SMARTS) is 4. The van der Waals surface area contributed by atoms with Crippen LogP contribution in [0.25, 0.3) is 0 Å². The summed E-state index contributed by atoms with van der Waals surface area (Å²) in [6.07, 6.45) is 28.0. The molecule has 0 atom stereocenters. The maximum Gasteiger partial charge on any atom is 2.00 e. The Hall–Kier alpha value is -1.78. The molecular weight excluding hydrogens is 806 g/mol. The fraction of sp³-hybridized carbons (Fsp3) is 0.500. The van der Waals surface area contributed by atoms with Gasteiger partial charge >= 0.3 is 42.1 Å². The Morgan fingerprint density at radius 3 is 0.500 bits per heavy atom. The average molecular weight is 843 g/mol. The van der Waals surface area contributed by atoms with Gasteiger partial charge in [0.15, 0.2) is 0 Å². The smallest absolute Gasteiger partial charge is 0.550 e. The molecule has 0 bridgehead atoms. The topological polar surface area (TPSA) is 161 Å². The molecule has 2 rings (SSSR count). The molecule has 200 valence electrons. The predicted octanol–water partition coefficient (Wildman–Crippen LogP) is 0.365. The van der Waals surface area contributed by atoms with E-state index in [2.05, 4.69) is 48.6 Å². The summed E-state index contributed by atoms with van der Waals surface area (Å²) in [6, 6.07) is 0. The Balaban J connectivity index is -0.0000000711. The summed E-state index contributed by atoms with van der Waals surface area (Å²) >= 11 is 0. The first-order chi connectivity index (χ1) is 14.9. The summed E-state index contributed by atoms with van der Waals surface area (Å²) in [5, 5.41) is 35.6. The van der Waals surface area contributed by atoms with E-state index in [1.807, 2.05) is 0 Å². The molecule has 0 saturated carbocycles. The fourth-order valence-electron chi connectivity index (χ4n) is 1.71. The molecular formula is C24H36O8Pt2. The second-order valence-corrected chi connectivity index (χ2v) is 6.16. The summed E-state index contributed by atoms with van der Waals surface area (Å²) in [5.74, 6) is -4.33. The van der Waals surface area contributed by atoms with Crippen LogP contribution < -0.4 is 20.4 Å². The molecule has 34 heavy (non-hydrogen) atoms. The van der Waals surface area contributed by atoms with Crippen LogP contribution in [-0.2, 0) is 61.3 Å². The van der Waals surface area contributed by atoms with Crippen molar-refractivity contribution >= 4 is 23.9 Å². The van der Waals surface area contributed by atoms with Gasteiger partial charge in [-0.15, -0.1) is 0 Å². The molecule has 2 aliphatic carbocycles. The standard InChI is InChI=1S/2C8H12.4C2H4O2.2Pt/c2*1-2-4-6-8-7-5-3-1;4*1-2(3)4;;/h2*1-2,7-8H,3-6H2;4*1H3,(H,3,4);;/q;;;;;;2*+2/p-4. The van der Waals surface area contributed by atoms with Crippen LogP contribution >= 0.6 is 0 Å². The number of allylic oxidation sites excluding steroid dienone is 8. The van der Waals surface area contributed by atoms with E-state index < -0.39 is 23.9 Å². The Morgan fingerprint density at radius 1 is 0.382 bits per heavy atom. The van der Waals surface area contributed by atoms with Gasteiger partial charge in [0.25, 0.3) is 0 Å². The molecule has 0 aliphatic heterocycles. The molecule has 0 fully saturated rings. The minimum atomic E-state index is -1.08. The van der Waals surface area contributed by atoms with Crippen molar-refractivity contribution < 1.29 is 81.7 Å². The third-order valence-corrected chi connectivity index (χ3v) is 2.67. The number of carbonyl (C=O) groups excluding carboxylic acids is 4. The van der Waals surface area contributed by atoms with Crippen molar-refractivity contribution in [2.24, 2.45) is 0 Å². The maximum absolute atomic E-state index is 8.89. The monoisotopic (exact) mass is 842 g/mol. The second kappa shape index (κ2) is 41.5. The molecule has 8 nitrogen and oxygen atoms in total. The van der Waals surface area contributed by atoms with Crippen molar-refractivity contribution in [3.05, 3.63) is 48.6 Å². The van der Waals surface area contributed by atoms with E-state index in [1.54, 1.807) is 0 Å². The SMILES string of the molecule is C1=CCCC=CCC1.C1=CCCC=CCC1.CC(=O)[O-].CC(=O)[O-].CC(=O)[O-].CC(=O)[O-].[Pt+2].[Pt+2]. The van der Waals surface area contributed by atoms with Gasteiger partial charge < -0.3 is 39.6 Å². The van der Waals surface area contributed by atoms with Crippen LogP contribution in [-0.4, -0.2) is 23.9 Å². The number of rotatable bonds is 0. The Bertz CT molecular complexity index is 454. The van der Waals surface area contributed by atoms with Gasteiger partial charge in [-0.3, -0.25) is 0 Å². The molecule has 0 aromatic heterocycles. The third-order valence-electron chi connectivity index (χ3n) is 2.67. The summed E-state index contributed by atoms with van der Waals surface area (Å²) < 4.78 is 0. The Kier molecular flexibility index (Phi) is 55.7. The molecule has 10 heteroatoms. The number of hydrogen-bond donors (Lipinski definition) is 0. The first kappa shape index (κ1) is 45.7. The normalized spacial score (nSPS) is 12.4. The van der Waals surface area contributed by atoms with Gasteiger partial charge in [-0.25, -0.2) is 0 Å². The molecule has 0 saturated heterocycles. The predicted molar refractivity (Wildman–Crippen MR) is 116 cm³/mol. The van der Waals surface area contributed by atoms with Crippen molar-refractivity contribution in [3.63, 3.8) is 0 Å². The third kappa shape index (κ3) is 128. The zero-order valence-corrected chi connectivity index (χ0v) is 24.7. The van der Waals surface area contributed by atoms with Crippen LogP contribution in [0.1, 0.15) is 79.1 Å². The van der Waals surface area contributed by atoms with E-state index in [-0.39, 0.29) is 42.1 Å². The van der Waals surface area contributed by atoms with Crippen LogP contribution in [0, 0.1) is 0 Å². The summed E-state index contributed by atoms with van der Waals surface area (Å²) in [4.78, 5) is 35.6. The number of aliphatic carboxylic acids is 4. The number of hydrogen-bond acceptors (Lipinski definition) is 8. The van der Waals surface area contributed by atoms with E-state index in [4.69, 9.17) is 39.6 Å². The van der Waals surface area contributed by atoms with Crippen LogP contribution in [0.4, 0.5) is 0 Å². The van der Waals surface area contributed by atoms with Crippen LogP contribution in [0.3, 0.4) is 0 Å². The van der Waals surface area contributed by atoms with Gasteiger partial charge in [0, 0.05) is 23.9 Å². The molecule has 0 unspecified atom stereocenters. The fourth-order valence-corrected chi connectivity index (χ4v) is 1.71. The molecule has 2 aliphatic rings. The molecule has 0 spiro atoms. The minimum Gasteiger partial charge on any atom is -0.550 e. The van der Waals surface area contributed by atoms with Crippen molar-refractivity contribution in [3.8, 4) is 0 Å². The molecule has 0 heterocycles. The molecule has 0 radical (unpaired) electrons. The maximum atomic E-state index is 8.89. The van der Waals surface area contributed by atoms with Gasteiger partial charge in [-0.1, -0.05) is 48.6 Å². The van der Waals surface area contributed by atoms with E-state index in [0.717, 1.165) is 27.7 Å². The number of carbonyl (C=O) groups is 4. The number of carboxylic acids is 4. The van der Waals surface area contributed by atoms with Crippen molar-refractivity contribution in [2.45, 2.75) is 79.1 Å². The zero-order chi connectivity index (χ0) is 25.6. The molecule has 0 N–H and O–H groups in total. The van der Waals surface area contributed by atoms with E-state index in [0.29, 0.717) is 0 Å². The largest absolute Gasteiger partial charge is 2.00 e. The van der Waals surface area contributed by atoms with E-state index in [1.165, 1.54) is 51.4 Å². The Morgan fingerprint density at radius 2 is 0.441 bits per heavy atom. The van der Waals surface area contributed by atoms with Crippen LogP contribution in [0.15, 0.2) is 48.6 Å². The summed E-state index contributed by atoms with van der Waals surface area (Å²) in [5.41, 5.74) is 0. The van der Waals surface area contributed by atoms with Gasteiger partial charge in [0.1, 0.15) is 0 Å². The quantitative estimate of drug-likeness (QED) is 0.317. The van der Waals surface area contributed by atoms with Crippen molar-refractivity contribution in [1.82, 2.24) is 0 Å². The summed E-state index contributed by atoms with van der Waals surface area (Å²) in [7, 11) is 0. The Labute approximate surface area is 232 Å². The molecule has 0 aromatic carbocycles. The first-order valence-electron chi connectivity index (χ1n) is 10.2. The van der Waals surface area contributed by atoms with Gasteiger partial charge in [-0.05, 0) is 79.1 Å². The van der Waals surface area contributed by atoms with Gasteiger partial charge in [-0.2, -0.15) is 0 Å². The van der Waals surface area contributed by atoms with Gasteiger partial charge in [0.2, 0.25) is 0 Å². The molecule has 0 aromatic rings. The first-order valence-corrected chi connectivity index (χ1v) is 10.2. The van der Waals surface area contributed by atoms with E-state index in [9.17, 15) is 0 Å². The molecule has 0 amide bonds. The summed E-state index contributed by atoms with van der Waals surface area (Å²) in [6.45, 7) is 3.89. The van der Waals surface area contributed by atoms with E-state index >= 15 is 0 Å². The minimum absolute atomic E-state index is 0. The van der Waals surface area contributed by atoms with Crippen molar-refractivity contribution in [2.75, 3.05) is 0 Å². The van der Waals surface area contributed by atoms with Crippen LogP contribution in [0.5, 0.6) is 0 Å². The van der Waals surface area contributed by atoms with Gasteiger partial charge in [0.05, 0.1) is 0 Å². The average Bonchev–Trinajstić information content (AvgIpc) is 2.51. The van der Waals surface area contributed by atoms with Crippen LogP contribution in [0.2, 0.25) is 0 Å².